The number of anilines is 1. The highest BCUT2D eigenvalue weighted by molar-refractivity contribution is 8.00. The minimum absolute atomic E-state index is 0.0991. The van der Waals surface area contributed by atoms with Crippen molar-refractivity contribution in [2.75, 3.05) is 24.8 Å². The van der Waals surface area contributed by atoms with Crippen molar-refractivity contribution in [3.8, 4) is 0 Å². The summed E-state index contributed by atoms with van der Waals surface area (Å²) >= 11 is 1.35. The SMILES string of the molecule is COCC1=C(C(=O)O)N2C(=O)C(NC(=O)C(N)c3ccc(NC(N)=O)cc3)[C@@H]2SC1. The zero-order valence-corrected chi connectivity index (χ0v) is 16.8. The quantitative estimate of drug-likeness (QED) is 0.358. The molecule has 0 spiro atoms. The third-order valence-electron chi connectivity index (χ3n) is 4.69. The molecule has 1 aromatic carbocycles. The van der Waals surface area contributed by atoms with E-state index >= 15 is 0 Å². The number of nitrogens with two attached hydrogens (primary N) is 2. The first kappa shape index (κ1) is 21.6. The molecule has 0 aromatic heterocycles. The smallest absolute Gasteiger partial charge is 0.352 e. The van der Waals surface area contributed by atoms with E-state index in [1.54, 1.807) is 24.3 Å². The number of benzene rings is 1. The van der Waals surface area contributed by atoms with Crippen LogP contribution in [0.25, 0.3) is 0 Å². The Hall–Kier alpha value is -3.09. The molecule has 7 N–H and O–H groups in total. The van der Waals surface area contributed by atoms with Crippen molar-refractivity contribution >= 4 is 41.3 Å². The summed E-state index contributed by atoms with van der Waals surface area (Å²) in [5, 5.41) is 14.0. The Balaban J connectivity index is 1.68. The molecule has 30 heavy (non-hydrogen) atoms. The summed E-state index contributed by atoms with van der Waals surface area (Å²) in [4.78, 5) is 48.8. The number of ether oxygens (including phenoxy) is 1. The second-order valence-corrected chi connectivity index (χ2v) is 7.78. The summed E-state index contributed by atoms with van der Waals surface area (Å²) in [5.74, 6) is -1.93. The lowest BCUT2D eigenvalue weighted by molar-refractivity contribution is -0.151. The predicted molar refractivity (Wildman–Crippen MR) is 108 cm³/mol. The van der Waals surface area contributed by atoms with Crippen LogP contribution in [0, 0.1) is 0 Å². The summed E-state index contributed by atoms with van der Waals surface area (Å²) in [5.41, 5.74) is 12.4. The summed E-state index contributed by atoms with van der Waals surface area (Å²) in [7, 11) is 1.45. The highest BCUT2D eigenvalue weighted by Gasteiger charge is 2.54. The summed E-state index contributed by atoms with van der Waals surface area (Å²) in [6, 6.07) is 3.56. The van der Waals surface area contributed by atoms with Gasteiger partial charge in [-0.3, -0.25) is 14.5 Å². The number of fused-ring (bicyclic) bond motifs is 1. The molecule has 0 saturated carbocycles. The van der Waals surface area contributed by atoms with Crippen molar-refractivity contribution in [1.82, 2.24) is 10.2 Å². The van der Waals surface area contributed by atoms with Crippen molar-refractivity contribution in [1.29, 1.82) is 0 Å². The van der Waals surface area contributed by atoms with Crippen LogP contribution in [0.1, 0.15) is 11.6 Å². The van der Waals surface area contributed by atoms with Gasteiger partial charge in [0.1, 0.15) is 23.2 Å². The average molecular weight is 435 g/mol. The number of carbonyl (C=O) groups excluding carboxylic acids is 3. The van der Waals surface area contributed by atoms with Crippen LogP contribution in [0.3, 0.4) is 0 Å². The number of amides is 4. The van der Waals surface area contributed by atoms with Gasteiger partial charge in [-0.2, -0.15) is 0 Å². The maximum Gasteiger partial charge on any atom is 0.352 e. The molecular weight excluding hydrogens is 414 g/mol. The molecule has 0 radical (unpaired) electrons. The number of primary amides is 1. The van der Waals surface area contributed by atoms with Crippen molar-refractivity contribution in [2.45, 2.75) is 17.5 Å². The molecule has 0 bridgehead atoms. The van der Waals surface area contributed by atoms with Crippen LogP contribution in [0.4, 0.5) is 10.5 Å². The van der Waals surface area contributed by atoms with E-state index in [1.807, 2.05) is 0 Å². The van der Waals surface area contributed by atoms with Gasteiger partial charge in [-0.25, -0.2) is 9.59 Å². The van der Waals surface area contributed by atoms with E-state index in [-0.39, 0.29) is 12.3 Å². The number of carboxylic acids is 1. The second kappa shape index (κ2) is 8.73. The molecule has 12 heteroatoms. The first-order valence-corrected chi connectivity index (χ1v) is 9.90. The first-order chi connectivity index (χ1) is 14.2. The van der Waals surface area contributed by atoms with E-state index in [4.69, 9.17) is 16.2 Å². The molecule has 2 aliphatic rings. The molecule has 1 aromatic rings. The Morgan fingerprint density at radius 3 is 2.57 bits per heavy atom. The molecule has 2 unspecified atom stereocenters. The van der Waals surface area contributed by atoms with Gasteiger partial charge >= 0.3 is 12.0 Å². The third kappa shape index (κ3) is 4.10. The molecule has 3 atom stereocenters. The molecule has 3 rings (SSSR count). The van der Waals surface area contributed by atoms with Crippen molar-refractivity contribution in [3.05, 3.63) is 41.1 Å². The van der Waals surface area contributed by atoms with Crippen molar-refractivity contribution in [2.24, 2.45) is 11.5 Å². The lowest BCUT2D eigenvalue weighted by Crippen LogP contribution is -2.71. The van der Waals surface area contributed by atoms with E-state index in [0.717, 1.165) is 0 Å². The monoisotopic (exact) mass is 435 g/mol. The number of β-lactam (4-membered cyclic amide) rings is 1. The predicted octanol–water partition coefficient (Wildman–Crippen LogP) is -0.438. The zero-order chi connectivity index (χ0) is 22.0. The second-order valence-electron chi connectivity index (χ2n) is 6.68. The largest absolute Gasteiger partial charge is 0.477 e. The number of thioether (sulfide) groups is 1. The molecule has 160 valence electrons. The fourth-order valence-electron chi connectivity index (χ4n) is 3.28. The van der Waals surface area contributed by atoms with E-state index in [9.17, 15) is 24.3 Å². The van der Waals surface area contributed by atoms with Gasteiger partial charge in [0.05, 0.1) is 6.61 Å². The maximum absolute atomic E-state index is 12.6. The van der Waals surface area contributed by atoms with Gasteiger partial charge in [0.25, 0.3) is 5.91 Å². The maximum atomic E-state index is 12.6. The lowest BCUT2D eigenvalue weighted by Gasteiger charge is -2.49. The number of carbonyl (C=O) groups is 4. The Morgan fingerprint density at radius 1 is 1.33 bits per heavy atom. The third-order valence-corrected chi connectivity index (χ3v) is 6.03. The number of rotatable bonds is 7. The number of nitrogens with zero attached hydrogens (tertiary/aromatic N) is 1. The lowest BCUT2D eigenvalue weighted by atomic mass is 10.0. The van der Waals surface area contributed by atoms with Crippen molar-refractivity contribution < 1.29 is 29.0 Å². The molecule has 4 amide bonds. The summed E-state index contributed by atoms with van der Waals surface area (Å²) < 4.78 is 5.02. The molecule has 11 nitrogen and oxygen atoms in total. The number of hydrogen-bond donors (Lipinski definition) is 5. The van der Waals surface area contributed by atoms with Gasteiger partial charge in [-0.05, 0) is 23.3 Å². The number of nitrogens with one attached hydrogen (secondary N) is 2. The molecule has 1 saturated heterocycles. The summed E-state index contributed by atoms with van der Waals surface area (Å²) in [6.45, 7) is 0.105. The van der Waals surface area contributed by atoms with Crippen LogP contribution in [0.5, 0.6) is 0 Å². The standard InChI is InChI=1S/C18H21N5O6S/c1-29-6-9-7-30-16-12(15(25)23(16)13(9)17(26)27)22-14(24)11(19)8-2-4-10(5-3-8)21-18(20)28/h2-5,11-12,16H,6-7,19H2,1H3,(H,22,24)(H,26,27)(H3,20,21,28)/t11?,12?,16-/m0/s1. The fourth-order valence-corrected chi connectivity index (χ4v) is 4.61. The van der Waals surface area contributed by atoms with E-state index in [0.29, 0.717) is 22.6 Å². The van der Waals surface area contributed by atoms with E-state index in [1.165, 1.54) is 23.8 Å². The summed E-state index contributed by atoms with van der Waals surface area (Å²) in [6.07, 6.45) is 0. The minimum atomic E-state index is -1.22. The Bertz CT molecular complexity index is 918. The molecule has 0 aliphatic carbocycles. The van der Waals surface area contributed by atoms with Gasteiger partial charge in [-0.1, -0.05) is 12.1 Å². The molecule has 1 fully saturated rings. The van der Waals surface area contributed by atoms with Crippen LogP contribution >= 0.6 is 11.8 Å². The van der Waals surface area contributed by atoms with Gasteiger partial charge in [-0.15, -0.1) is 11.8 Å². The fraction of sp³-hybridized carbons (Fsp3) is 0.333. The van der Waals surface area contributed by atoms with Crippen LogP contribution in [0.2, 0.25) is 0 Å². The average Bonchev–Trinajstić information content (AvgIpc) is 2.71. The number of urea groups is 1. The number of methoxy groups -OCH3 is 1. The number of aliphatic carboxylic acids is 1. The van der Waals surface area contributed by atoms with Gasteiger partial charge in [0.2, 0.25) is 5.91 Å². The van der Waals surface area contributed by atoms with Crippen molar-refractivity contribution in [3.63, 3.8) is 0 Å². The van der Waals surface area contributed by atoms with Crippen LogP contribution in [0.15, 0.2) is 35.5 Å². The highest BCUT2D eigenvalue weighted by atomic mass is 32.2. The van der Waals surface area contributed by atoms with E-state index < -0.39 is 41.3 Å². The highest BCUT2D eigenvalue weighted by Crippen LogP contribution is 2.40. The van der Waals surface area contributed by atoms with Crippen LogP contribution in [-0.2, 0) is 19.1 Å². The van der Waals surface area contributed by atoms with Gasteiger partial charge in [0, 0.05) is 18.6 Å². The number of hydrogen-bond acceptors (Lipinski definition) is 7. The first-order valence-electron chi connectivity index (χ1n) is 8.86. The Labute approximate surface area is 175 Å². The Morgan fingerprint density at radius 2 is 2.00 bits per heavy atom. The Kier molecular flexibility index (Phi) is 6.29. The van der Waals surface area contributed by atoms with E-state index in [2.05, 4.69) is 10.6 Å². The topological polar surface area (TPSA) is 177 Å². The molecule has 2 heterocycles. The van der Waals surface area contributed by atoms with Crippen LogP contribution in [-0.4, -0.2) is 64.7 Å². The van der Waals surface area contributed by atoms with Gasteiger partial charge < -0.3 is 31.9 Å². The molecule has 2 aliphatic heterocycles. The van der Waals surface area contributed by atoms with Gasteiger partial charge in [0.15, 0.2) is 0 Å². The zero-order valence-electron chi connectivity index (χ0n) is 16.0. The normalized spacial score (nSPS) is 21.4. The molecular formula is C18H21N5O6S. The number of carboxylic acid groups (broad SMARTS) is 1. The van der Waals surface area contributed by atoms with Crippen LogP contribution < -0.4 is 22.1 Å². The minimum Gasteiger partial charge on any atom is -0.477 e.